The molecule has 1 heterocycles. The number of rotatable bonds is 6. The molecule has 5 N–H and O–H groups in total. The Bertz CT molecular complexity index is 1110. The van der Waals surface area contributed by atoms with E-state index in [9.17, 15) is 19.5 Å². The third kappa shape index (κ3) is 5.08. The molecule has 0 bridgehead atoms. The van der Waals surface area contributed by atoms with E-state index >= 15 is 0 Å². The Labute approximate surface area is 201 Å². The van der Waals surface area contributed by atoms with Crippen molar-refractivity contribution in [2.24, 2.45) is 0 Å². The summed E-state index contributed by atoms with van der Waals surface area (Å²) in [5.74, 6) is -1.99. The molecule has 1 unspecified atom stereocenters. The highest BCUT2D eigenvalue weighted by atomic mass is 35.5. The fourth-order valence-corrected chi connectivity index (χ4v) is 5.09. The minimum absolute atomic E-state index is 0.0391. The molecule has 4 rings (SSSR count). The number of carbonyl (C=O) groups is 3. The lowest BCUT2D eigenvalue weighted by atomic mass is 9.97. The van der Waals surface area contributed by atoms with E-state index in [1.54, 1.807) is 6.07 Å². The van der Waals surface area contributed by atoms with Crippen LogP contribution in [0.25, 0.3) is 0 Å². The summed E-state index contributed by atoms with van der Waals surface area (Å²) in [7, 11) is 0. The summed E-state index contributed by atoms with van der Waals surface area (Å²) in [6.07, 6.45) is 2.28. The van der Waals surface area contributed by atoms with E-state index in [4.69, 9.17) is 23.2 Å². The largest absolute Gasteiger partial charge is 0.480 e. The van der Waals surface area contributed by atoms with Crippen molar-refractivity contribution < 1.29 is 19.5 Å². The third-order valence-electron chi connectivity index (χ3n) is 6.01. The molecule has 1 aliphatic carbocycles. The number of hydrogen-bond acceptors (Lipinski definition) is 4. The van der Waals surface area contributed by atoms with Crippen molar-refractivity contribution in [1.82, 2.24) is 21.3 Å². The first-order chi connectivity index (χ1) is 15.8. The van der Waals surface area contributed by atoms with Crippen molar-refractivity contribution in [3.05, 3.63) is 68.2 Å². The number of aryl methyl sites for hydroxylation is 1. The van der Waals surface area contributed by atoms with Gasteiger partial charge in [-0.05, 0) is 54.1 Å². The summed E-state index contributed by atoms with van der Waals surface area (Å²) < 4.78 is 0. The SMILES string of the molecule is O=C(NCC(NC(=O)c1c(Cl)cc2c(c1Cl)CCNC2)C(=O)O)N[C@@H]1CCc2ccccc21. The molecule has 174 valence electrons. The molecule has 10 heteroatoms. The highest BCUT2D eigenvalue weighted by Crippen LogP contribution is 2.33. The summed E-state index contributed by atoms with van der Waals surface area (Å²) >= 11 is 12.7. The first-order valence-corrected chi connectivity index (χ1v) is 11.5. The number of aliphatic carboxylic acids is 1. The van der Waals surface area contributed by atoms with E-state index in [0.29, 0.717) is 13.0 Å². The van der Waals surface area contributed by atoms with Crippen LogP contribution < -0.4 is 21.3 Å². The molecule has 1 aliphatic heterocycles. The van der Waals surface area contributed by atoms with Crippen LogP contribution in [0.15, 0.2) is 30.3 Å². The van der Waals surface area contributed by atoms with Crippen molar-refractivity contribution in [2.45, 2.75) is 37.9 Å². The van der Waals surface area contributed by atoms with Crippen LogP contribution in [0.1, 0.15) is 45.1 Å². The van der Waals surface area contributed by atoms with Crippen molar-refractivity contribution in [1.29, 1.82) is 0 Å². The van der Waals surface area contributed by atoms with Gasteiger partial charge >= 0.3 is 12.0 Å². The number of halogens is 2. The molecule has 0 spiro atoms. The molecular formula is C23H24Cl2N4O4. The van der Waals surface area contributed by atoms with Crippen molar-refractivity contribution >= 4 is 41.1 Å². The lowest BCUT2D eigenvalue weighted by Gasteiger charge is -2.22. The van der Waals surface area contributed by atoms with Gasteiger partial charge < -0.3 is 26.4 Å². The van der Waals surface area contributed by atoms with Crippen molar-refractivity contribution in [3.63, 3.8) is 0 Å². The zero-order chi connectivity index (χ0) is 23.5. The van der Waals surface area contributed by atoms with Gasteiger partial charge in [0.15, 0.2) is 0 Å². The Morgan fingerprint density at radius 2 is 1.94 bits per heavy atom. The highest BCUT2D eigenvalue weighted by Gasteiger charge is 2.28. The molecular weight excluding hydrogens is 467 g/mol. The summed E-state index contributed by atoms with van der Waals surface area (Å²) in [6.45, 7) is 1.02. The molecule has 0 aromatic heterocycles. The number of carboxylic acid groups (broad SMARTS) is 1. The summed E-state index contributed by atoms with van der Waals surface area (Å²) in [5, 5.41) is 21.0. The number of urea groups is 1. The zero-order valence-electron chi connectivity index (χ0n) is 17.7. The van der Waals surface area contributed by atoms with Crippen LogP contribution >= 0.6 is 23.2 Å². The molecule has 2 aromatic carbocycles. The minimum atomic E-state index is -1.36. The van der Waals surface area contributed by atoms with Crippen LogP contribution in [-0.2, 0) is 24.2 Å². The van der Waals surface area contributed by atoms with Crippen LogP contribution in [-0.4, -0.2) is 42.1 Å². The summed E-state index contributed by atoms with van der Waals surface area (Å²) in [6, 6.07) is 7.54. The van der Waals surface area contributed by atoms with Gasteiger partial charge in [0.25, 0.3) is 5.91 Å². The maximum absolute atomic E-state index is 12.9. The van der Waals surface area contributed by atoms with Gasteiger partial charge in [0, 0.05) is 6.54 Å². The Kier molecular flexibility index (Phi) is 7.07. The quantitative estimate of drug-likeness (QED) is 0.426. The smallest absolute Gasteiger partial charge is 0.328 e. The van der Waals surface area contributed by atoms with Gasteiger partial charge in [-0.15, -0.1) is 0 Å². The fourth-order valence-electron chi connectivity index (χ4n) is 4.32. The maximum atomic E-state index is 12.9. The standard InChI is InChI=1S/C23H24Cl2N4O4/c24-16-9-13-10-26-8-7-15(13)20(25)19(16)21(30)28-18(22(31)32)11-27-23(33)29-17-6-5-12-3-1-2-4-14(12)17/h1-4,9,17-18,26H,5-8,10-11H2,(H,28,30)(H,31,32)(H2,27,29,33)/t17-,18?/m1/s1. The topological polar surface area (TPSA) is 120 Å². The average molecular weight is 491 g/mol. The summed E-state index contributed by atoms with van der Waals surface area (Å²) in [5.41, 5.74) is 4.02. The van der Waals surface area contributed by atoms with E-state index in [2.05, 4.69) is 21.3 Å². The van der Waals surface area contributed by atoms with Crippen LogP contribution in [0.5, 0.6) is 0 Å². The van der Waals surface area contributed by atoms with Gasteiger partial charge in [0.2, 0.25) is 0 Å². The molecule has 0 saturated carbocycles. The Balaban J connectivity index is 1.39. The predicted molar refractivity (Wildman–Crippen MR) is 125 cm³/mol. The summed E-state index contributed by atoms with van der Waals surface area (Å²) in [4.78, 5) is 37.0. The van der Waals surface area contributed by atoms with E-state index in [-0.39, 0.29) is 28.2 Å². The number of benzene rings is 2. The molecule has 2 aliphatic rings. The van der Waals surface area contributed by atoms with Gasteiger partial charge in [0.1, 0.15) is 6.04 Å². The number of hydrogen-bond donors (Lipinski definition) is 5. The van der Waals surface area contributed by atoms with Crippen LogP contribution in [0, 0.1) is 0 Å². The molecule has 2 aromatic rings. The van der Waals surface area contributed by atoms with Crippen LogP contribution in [0.4, 0.5) is 4.79 Å². The molecule has 2 atom stereocenters. The Morgan fingerprint density at radius 3 is 2.73 bits per heavy atom. The van der Waals surface area contributed by atoms with E-state index in [1.165, 1.54) is 5.56 Å². The monoisotopic (exact) mass is 490 g/mol. The van der Waals surface area contributed by atoms with Crippen molar-refractivity contribution in [3.8, 4) is 0 Å². The van der Waals surface area contributed by atoms with Gasteiger partial charge in [-0.25, -0.2) is 9.59 Å². The first-order valence-electron chi connectivity index (χ1n) is 10.7. The van der Waals surface area contributed by atoms with Crippen LogP contribution in [0.2, 0.25) is 10.0 Å². The molecule has 0 fully saturated rings. The van der Waals surface area contributed by atoms with E-state index < -0.39 is 23.9 Å². The number of carboxylic acids is 1. The molecule has 33 heavy (non-hydrogen) atoms. The van der Waals surface area contributed by atoms with Gasteiger partial charge in [-0.3, -0.25) is 4.79 Å². The van der Waals surface area contributed by atoms with Gasteiger partial charge in [-0.1, -0.05) is 47.5 Å². The fraction of sp³-hybridized carbons (Fsp3) is 0.348. The minimum Gasteiger partial charge on any atom is -0.480 e. The maximum Gasteiger partial charge on any atom is 0.328 e. The Morgan fingerprint density at radius 1 is 1.15 bits per heavy atom. The van der Waals surface area contributed by atoms with Gasteiger partial charge in [0.05, 0.1) is 28.2 Å². The number of carbonyl (C=O) groups excluding carboxylic acids is 2. The molecule has 0 radical (unpaired) electrons. The number of fused-ring (bicyclic) bond motifs is 2. The van der Waals surface area contributed by atoms with Crippen LogP contribution in [0.3, 0.4) is 0 Å². The average Bonchev–Trinajstić information content (AvgIpc) is 3.19. The lowest BCUT2D eigenvalue weighted by molar-refractivity contribution is -0.139. The molecule has 8 nitrogen and oxygen atoms in total. The second kappa shape index (κ2) is 9.99. The van der Waals surface area contributed by atoms with Gasteiger partial charge in [-0.2, -0.15) is 0 Å². The highest BCUT2D eigenvalue weighted by molar-refractivity contribution is 6.40. The van der Waals surface area contributed by atoms with Crippen molar-refractivity contribution in [2.75, 3.05) is 13.1 Å². The predicted octanol–water partition coefficient (Wildman–Crippen LogP) is 2.81. The third-order valence-corrected chi connectivity index (χ3v) is 6.73. The lowest BCUT2D eigenvalue weighted by Crippen LogP contribution is -2.50. The number of nitrogens with one attached hydrogen (secondary N) is 4. The molecule has 0 saturated heterocycles. The second-order valence-electron chi connectivity index (χ2n) is 8.12. The molecule has 3 amide bonds. The zero-order valence-corrected chi connectivity index (χ0v) is 19.2. The normalized spacial score (nSPS) is 17.5. The number of amides is 3. The Hall–Kier alpha value is -2.81. The van der Waals surface area contributed by atoms with E-state index in [0.717, 1.165) is 36.1 Å². The first kappa shape index (κ1) is 23.4. The second-order valence-corrected chi connectivity index (χ2v) is 8.91. The van der Waals surface area contributed by atoms with E-state index in [1.807, 2.05) is 24.3 Å².